The Balaban J connectivity index is 2.31. The molecule has 0 N–H and O–H groups in total. The molecule has 7 nitrogen and oxygen atoms in total. The first-order chi connectivity index (χ1) is 12.8. The summed E-state index contributed by atoms with van der Waals surface area (Å²) in [4.78, 5) is 49.2. The van der Waals surface area contributed by atoms with Crippen LogP contribution < -0.4 is 14.2 Å². The standard InChI is InChI=1S/C20H16O7/c1-9-5-6-12-15(19(9)26-10(2)21)17(23)13-7-8-14(25-4)20(27-11(3)22)16(13)18(12)24/h5-8H,1-4H3. The molecule has 2 aromatic carbocycles. The maximum atomic E-state index is 13.1. The summed E-state index contributed by atoms with van der Waals surface area (Å²) in [5, 5.41) is 0. The fourth-order valence-corrected chi connectivity index (χ4v) is 3.03. The lowest BCUT2D eigenvalue weighted by Crippen LogP contribution is -2.24. The van der Waals surface area contributed by atoms with E-state index in [1.165, 1.54) is 39.2 Å². The summed E-state index contributed by atoms with van der Waals surface area (Å²) in [5.74, 6) is -2.19. The first-order valence-electron chi connectivity index (χ1n) is 8.07. The Morgan fingerprint density at radius 2 is 1.26 bits per heavy atom. The summed E-state index contributed by atoms with van der Waals surface area (Å²) in [6.45, 7) is 4.07. The minimum atomic E-state index is -0.655. The van der Waals surface area contributed by atoms with E-state index in [-0.39, 0.29) is 39.5 Å². The maximum Gasteiger partial charge on any atom is 0.308 e. The Morgan fingerprint density at radius 1 is 0.778 bits per heavy atom. The van der Waals surface area contributed by atoms with Crippen molar-refractivity contribution in [3.05, 3.63) is 52.1 Å². The van der Waals surface area contributed by atoms with E-state index >= 15 is 0 Å². The highest BCUT2D eigenvalue weighted by atomic mass is 16.6. The van der Waals surface area contributed by atoms with Gasteiger partial charge in [-0.25, -0.2) is 0 Å². The molecule has 0 radical (unpaired) electrons. The molecule has 3 rings (SSSR count). The minimum Gasteiger partial charge on any atom is -0.493 e. The molecular formula is C20H16O7. The first kappa shape index (κ1) is 18.3. The van der Waals surface area contributed by atoms with Gasteiger partial charge in [0.15, 0.2) is 23.1 Å². The maximum absolute atomic E-state index is 13.1. The Bertz CT molecular complexity index is 1020. The summed E-state index contributed by atoms with van der Waals surface area (Å²) >= 11 is 0. The van der Waals surface area contributed by atoms with Crippen LogP contribution in [0, 0.1) is 6.92 Å². The molecule has 1 aliphatic rings. The van der Waals surface area contributed by atoms with Crippen LogP contribution in [-0.2, 0) is 9.59 Å². The average Bonchev–Trinajstić information content (AvgIpc) is 2.60. The minimum absolute atomic E-state index is 0.0154. The summed E-state index contributed by atoms with van der Waals surface area (Å²) in [7, 11) is 1.36. The van der Waals surface area contributed by atoms with E-state index in [0.29, 0.717) is 5.56 Å². The number of hydrogen-bond acceptors (Lipinski definition) is 7. The number of methoxy groups -OCH3 is 1. The van der Waals surface area contributed by atoms with Gasteiger partial charge in [0.2, 0.25) is 0 Å². The van der Waals surface area contributed by atoms with Crippen LogP contribution in [0.2, 0.25) is 0 Å². The lowest BCUT2D eigenvalue weighted by molar-refractivity contribution is -0.133. The van der Waals surface area contributed by atoms with Crippen LogP contribution >= 0.6 is 0 Å². The van der Waals surface area contributed by atoms with Gasteiger partial charge in [-0.1, -0.05) is 6.07 Å². The van der Waals surface area contributed by atoms with Gasteiger partial charge in [0.1, 0.15) is 5.75 Å². The third-order valence-electron chi connectivity index (χ3n) is 4.13. The van der Waals surface area contributed by atoms with Crippen LogP contribution in [0.4, 0.5) is 0 Å². The molecule has 1 aliphatic carbocycles. The van der Waals surface area contributed by atoms with E-state index in [4.69, 9.17) is 14.2 Å². The number of carbonyl (C=O) groups excluding carboxylic acids is 4. The molecule has 0 saturated heterocycles. The van der Waals surface area contributed by atoms with Gasteiger partial charge in [-0.3, -0.25) is 19.2 Å². The molecule has 0 saturated carbocycles. The van der Waals surface area contributed by atoms with Gasteiger partial charge in [-0.05, 0) is 30.7 Å². The van der Waals surface area contributed by atoms with E-state index in [2.05, 4.69) is 0 Å². The lowest BCUT2D eigenvalue weighted by Gasteiger charge is -2.23. The smallest absolute Gasteiger partial charge is 0.308 e. The van der Waals surface area contributed by atoms with Crippen molar-refractivity contribution < 1.29 is 33.4 Å². The SMILES string of the molecule is COc1ccc2c(c1OC(C)=O)C(=O)c1ccc(C)c(OC(C)=O)c1C2=O. The molecule has 0 atom stereocenters. The molecule has 0 heterocycles. The molecule has 27 heavy (non-hydrogen) atoms. The van der Waals surface area contributed by atoms with Gasteiger partial charge < -0.3 is 14.2 Å². The van der Waals surface area contributed by atoms with Gasteiger partial charge in [0.25, 0.3) is 0 Å². The van der Waals surface area contributed by atoms with Crippen molar-refractivity contribution in [1.29, 1.82) is 0 Å². The molecule has 0 aromatic heterocycles. The fourth-order valence-electron chi connectivity index (χ4n) is 3.03. The first-order valence-corrected chi connectivity index (χ1v) is 8.07. The number of ether oxygens (including phenoxy) is 3. The highest BCUT2D eigenvalue weighted by Crippen LogP contribution is 2.42. The number of aryl methyl sites for hydroxylation is 1. The Kier molecular flexibility index (Phi) is 4.53. The number of hydrogen-bond donors (Lipinski definition) is 0. The van der Waals surface area contributed by atoms with E-state index in [1.54, 1.807) is 13.0 Å². The molecule has 0 unspecified atom stereocenters. The highest BCUT2D eigenvalue weighted by Gasteiger charge is 2.37. The van der Waals surface area contributed by atoms with Crippen LogP contribution in [0.5, 0.6) is 17.2 Å². The van der Waals surface area contributed by atoms with Crippen LogP contribution in [0.15, 0.2) is 24.3 Å². The monoisotopic (exact) mass is 368 g/mol. The quantitative estimate of drug-likeness (QED) is 0.518. The Morgan fingerprint density at radius 3 is 1.78 bits per heavy atom. The van der Waals surface area contributed by atoms with Crippen molar-refractivity contribution in [2.24, 2.45) is 0 Å². The van der Waals surface area contributed by atoms with Crippen molar-refractivity contribution in [2.45, 2.75) is 20.8 Å². The van der Waals surface area contributed by atoms with E-state index in [0.717, 1.165) is 0 Å². The molecule has 138 valence electrons. The van der Waals surface area contributed by atoms with Crippen molar-refractivity contribution in [3.63, 3.8) is 0 Å². The topological polar surface area (TPSA) is 96.0 Å². The number of fused-ring (bicyclic) bond motifs is 2. The molecule has 0 amide bonds. The van der Waals surface area contributed by atoms with Crippen molar-refractivity contribution in [3.8, 4) is 17.2 Å². The van der Waals surface area contributed by atoms with Crippen molar-refractivity contribution in [1.82, 2.24) is 0 Å². The third-order valence-corrected chi connectivity index (χ3v) is 4.13. The second-order valence-corrected chi connectivity index (χ2v) is 6.00. The number of ketones is 2. The zero-order chi connectivity index (χ0) is 19.9. The normalized spacial score (nSPS) is 12.1. The largest absolute Gasteiger partial charge is 0.493 e. The molecule has 0 fully saturated rings. The van der Waals surface area contributed by atoms with Gasteiger partial charge in [0.05, 0.1) is 18.2 Å². The third kappa shape index (κ3) is 2.97. The number of benzene rings is 2. The zero-order valence-electron chi connectivity index (χ0n) is 15.2. The molecule has 0 spiro atoms. The number of rotatable bonds is 3. The Hall–Kier alpha value is -3.48. The van der Waals surface area contributed by atoms with Crippen LogP contribution in [0.1, 0.15) is 51.3 Å². The van der Waals surface area contributed by atoms with Crippen LogP contribution in [0.3, 0.4) is 0 Å². The van der Waals surface area contributed by atoms with Crippen LogP contribution in [0.25, 0.3) is 0 Å². The van der Waals surface area contributed by atoms with Gasteiger partial charge >= 0.3 is 11.9 Å². The molecule has 0 bridgehead atoms. The summed E-state index contributed by atoms with van der Waals surface area (Å²) in [5.41, 5.74) is 0.614. The van der Waals surface area contributed by atoms with E-state index in [1.807, 2.05) is 0 Å². The highest BCUT2D eigenvalue weighted by molar-refractivity contribution is 6.30. The number of esters is 2. The van der Waals surface area contributed by atoms with Gasteiger partial charge in [-0.2, -0.15) is 0 Å². The molecular weight excluding hydrogens is 352 g/mol. The second kappa shape index (κ2) is 6.68. The number of carbonyl (C=O) groups is 4. The average molecular weight is 368 g/mol. The summed E-state index contributed by atoms with van der Waals surface area (Å²) < 4.78 is 15.5. The van der Waals surface area contributed by atoms with E-state index in [9.17, 15) is 19.2 Å². The molecule has 0 aliphatic heterocycles. The van der Waals surface area contributed by atoms with Gasteiger partial charge in [-0.15, -0.1) is 0 Å². The predicted octanol–water partition coefficient (Wildman–Crippen LogP) is 2.63. The second-order valence-electron chi connectivity index (χ2n) is 6.00. The lowest BCUT2D eigenvalue weighted by atomic mass is 9.82. The van der Waals surface area contributed by atoms with Gasteiger partial charge in [0, 0.05) is 25.0 Å². The molecule has 2 aromatic rings. The van der Waals surface area contributed by atoms with Crippen molar-refractivity contribution >= 4 is 23.5 Å². The zero-order valence-corrected chi connectivity index (χ0v) is 15.2. The predicted molar refractivity (Wildman–Crippen MR) is 93.7 cm³/mol. The van der Waals surface area contributed by atoms with Crippen LogP contribution in [-0.4, -0.2) is 30.6 Å². The summed E-state index contributed by atoms with van der Waals surface area (Å²) in [6, 6.07) is 5.93. The van der Waals surface area contributed by atoms with E-state index < -0.39 is 23.5 Å². The summed E-state index contributed by atoms with van der Waals surface area (Å²) in [6.07, 6.45) is 0. The van der Waals surface area contributed by atoms with Crippen molar-refractivity contribution in [2.75, 3.05) is 7.11 Å². The molecule has 7 heteroatoms. The Labute approximate surface area is 154 Å². The fraction of sp³-hybridized carbons (Fsp3) is 0.200.